The summed E-state index contributed by atoms with van der Waals surface area (Å²) >= 11 is 0. The van der Waals surface area contributed by atoms with Gasteiger partial charge in [0.15, 0.2) is 0 Å². The predicted octanol–water partition coefficient (Wildman–Crippen LogP) is 0.705. The number of rotatable bonds is 4. The van der Waals surface area contributed by atoms with Crippen LogP contribution in [0.3, 0.4) is 0 Å². The van der Waals surface area contributed by atoms with Crippen LogP contribution >= 0.6 is 0 Å². The summed E-state index contributed by atoms with van der Waals surface area (Å²) in [4.78, 5) is 2.50. The van der Waals surface area contributed by atoms with Gasteiger partial charge in [0.25, 0.3) is 0 Å². The molecule has 0 aromatic rings. The molecule has 1 unspecified atom stereocenters. The average Bonchev–Trinajstić information content (AvgIpc) is 2.52. The minimum Gasteiger partial charge on any atom is -0.383 e. The Hall–Kier alpha value is -0.120. The van der Waals surface area contributed by atoms with E-state index in [1.807, 2.05) is 7.05 Å². The highest BCUT2D eigenvalue weighted by Gasteiger charge is 2.32. The monoisotopic (exact) mass is 186 g/mol. The zero-order chi connectivity index (χ0) is 9.90. The van der Waals surface area contributed by atoms with Crippen molar-refractivity contribution in [3.05, 3.63) is 0 Å². The molecular weight excluding hydrogens is 164 g/mol. The summed E-state index contributed by atoms with van der Waals surface area (Å²) in [5.74, 6) is 0. The second-order valence-corrected chi connectivity index (χ2v) is 4.47. The van der Waals surface area contributed by atoms with Crippen molar-refractivity contribution in [3.8, 4) is 0 Å². The van der Waals surface area contributed by atoms with Gasteiger partial charge in [0, 0.05) is 31.8 Å². The van der Waals surface area contributed by atoms with Crippen LogP contribution in [0.2, 0.25) is 0 Å². The summed E-state index contributed by atoms with van der Waals surface area (Å²) in [6.07, 6.45) is 1.25. The van der Waals surface area contributed by atoms with Crippen LogP contribution in [0.15, 0.2) is 0 Å². The predicted molar refractivity (Wildman–Crippen MR) is 55.0 cm³/mol. The molecule has 13 heavy (non-hydrogen) atoms. The van der Waals surface area contributed by atoms with Crippen LogP contribution < -0.4 is 5.32 Å². The van der Waals surface area contributed by atoms with E-state index in [1.165, 1.54) is 13.0 Å². The number of hydrogen-bond donors (Lipinski definition) is 1. The second kappa shape index (κ2) is 4.40. The van der Waals surface area contributed by atoms with E-state index in [9.17, 15) is 0 Å². The molecule has 1 N–H and O–H groups in total. The van der Waals surface area contributed by atoms with Gasteiger partial charge in [-0.05, 0) is 27.3 Å². The molecule has 1 heterocycles. The average molecular weight is 186 g/mol. The zero-order valence-corrected chi connectivity index (χ0v) is 9.26. The molecule has 3 nitrogen and oxygen atoms in total. The Labute approximate surface area is 81.4 Å². The molecule has 0 saturated carbocycles. The van der Waals surface area contributed by atoms with Crippen LogP contribution in [0.5, 0.6) is 0 Å². The van der Waals surface area contributed by atoms with Gasteiger partial charge in [0.2, 0.25) is 0 Å². The molecule has 78 valence electrons. The van der Waals surface area contributed by atoms with Gasteiger partial charge in [-0.1, -0.05) is 0 Å². The topological polar surface area (TPSA) is 24.5 Å². The summed E-state index contributed by atoms with van der Waals surface area (Å²) < 4.78 is 5.23. The van der Waals surface area contributed by atoms with Crippen molar-refractivity contribution >= 4 is 0 Å². The number of likely N-dealkylation sites (N-methyl/N-ethyl adjacent to an activating group) is 1. The number of methoxy groups -OCH3 is 1. The van der Waals surface area contributed by atoms with Gasteiger partial charge in [-0.15, -0.1) is 0 Å². The van der Waals surface area contributed by atoms with Gasteiger partial charge >= 0.3 is 0 Å². The molecule has 1 fully saturated rings. The molecule has 1 atom stereocenters. The van der Waals surface area contributed by atoms with E-state index in [2.05, 4.69) is 24.1 Å². The first-order chi connectivity index (χ1) is 6.10. The lowest BCUT2D eigenvalue weighted by Gasteiger charge is -2.34. The Balaban J connectivity index is 2.44. The van der Waals surface area contributed by atoms with Crippen LogP contribution in [-0.2, 0) is 4.74 Å². The lowest BCUT2D eigenvalue weighted by molar-refractivity contribution is 0.0479. The fourth-order valence-electron chi connectivity index (χ4n) is 1.99. The summed E-state index contributed by atoms with van der Waals surface area (Å²) in [6, 6.07) is 0.663. The lowest BCUT2D eigenvalue weighted by Crippen LogP contribution is -2.47. The molecule has 0 aliphatic carbocycles. The molecule has 0 aromatic heterocycles. The van der Waals surface area contributed by atoms with Crippen LogP contribution in [0.1, 0.15) is 20.3 Å². The molecule has 0 spiro atoms. The normalized spacial score (nSPS) is 25.4. The van der Waals surface area contributed by atoms with Gasteiger partial charge in [0.05, 0.1) is 6.61 Å². The van der Waals surface area contributed by atoms with E-state index in [0.717, 1.165) is 13.2 Å². The van der Waals surface area contributed by atoms with Crippen molar-refractivity contribution in [2.75, 3.05) is 33.9 Å². The second-order valence-electron chi connectivity index (χ2n) is 4.47. The summed E-state index contributed by atoms with van der Waals surface area (Å²) in [6.45, 7) is 7.63. The first kappa shape index (κ1) is 11.0. The van der Waals surface area contributed by atoms with Crippen molar-refractivity contribution in [3.63, 3.8) is 0 Å². The maximum absolute atomic E-state index is 5.23. The molecule has 0 radical (unpaired) electrons. The first-order valence-electron chi connectivity index (χ1n) is 5.01. The fraction of sp³-hybridized carbons (Fsp3) is 1.00. The summed E-state index contributed by atoms with van der Waals surface area (Å²) in [7, 11) is 3.81. The van der Waals surface area contributed by atoms with Crippen molar-refractivity contribution < 1.29 is 4.74 Å². The summed E-state index contributed by atoms with van der Waals surface area (Å²) in [5, 5.41) is 3.33. The largest absolute Gasteiger partial charge is 0.383 e. The van der Waals surface area contributed by atoms with E-state index < -0.39 is 0 Å². The number of ether oxygens (including phenoxy) is 1. The van der Waals surface area contributed by atoms with Gasteiger partial charge in [-0.2, -0.15) is 0 Å². The number of likely N-dealkylation sites (tertiary alicyclic amines) is 1. The molecule has 1 rings (SSSR count). The smallest absolute Gasteiger partial charge is 0.0641 e. The molecule has 0 aromatic carbocycles. The van der Waals surface area contributed by atoms with E-state index in [4.69, 9.17) is 4.74 Å². The van der Waals surface area contributed by atoms with E-state index >= 15 is 0 Å². The fourth-order valence-corrected chi connectivity index (χ4v) is 1.99. The van der Waals surface area contributed by atoms with Gasteiger partial charge in [-0.25, -0.2) is 0 Å². The molecule has 1 aliphatic rings. The van der Waals surface area contributed by atoms with Crippen LogP contribution in [0, 0.1) is 0 Å². The Morgan fingerprint density at radius 1 is 1.54 bits per heavy atom. The molecule has 1 aliphatic heterocycles. The molecular formula is C10H22N2O. The lowest BCUT2D eigenvalue weighted by atomic mass is 10.1. The SMILES string of the molecule is CNC1CCN(C(C)(C)COC)C1. The van der Waals surface area contributed by atoms with Crippen molar-refractivity contribution in [1.82, 2.24) is 10.2 Å². The minimum atomic E-state index is 0.181. The summed E-state index contributed by atoms with van der Waals surface area (Å²) in [5.41, 5.74) is 0.181. The number of nitrogens with one attached hydrogen (secondary N) is 1. The highest BCUT2D eigenvalue weighted by molar-refractivity contribution is 4.89. The van der Waals surface area contributed by atoms with E-state index in [1.54, 1.807) is 7.11 Å². The minimum absolute atomic E-state index is 0.181. The third kappa shape index (κ3) is 2.66. The highest BCUT2D eigenvalue weighted by atomic mass is 16.5. The highest BCUT2D eigenvalue weighted by Crippen LogP contribution is 2.21. The third-order valence-electron chi connectivity index (χ3n) is 2.95. The van der Waals surface area contributed by atoms with E-state index in [-0.39, 0.29) is 5.54 Å². The first-order valence-corrected chi connectivity index (χ1v) is 5.01. The Kier molecular flexibility index (Phi) is 3.71. The number of nitrogens with zero attached hydrogens (tertiary/aromatic N) is 1. The maximum atomic E-state index is 5.23. The number of hydrogen-bond acceptors (Lipinski definition) is 3. The molecule has 1 saturated heterocycles. The van der Waals surface area contributed by atoms with Crippen LogP contribution in [0.4, 0.5) is 0 Å². The standard InChI is InChI=1S/C10H22N2O/c1-10(2,8-13-4)12-6-5-9(7-12)11-3/h9,11H,5-8H2,1-4H3. The Morgan fingerprint density at radius 2 is 2.23 bits per heavy atom. The Morgan fingerprint density at radius 3 is 2.69 bits per heavy atom. The quantitative estimate of drug-likeness (QED) is 0.699. The Bertz CT molecular complexity index is 159. The van der Waals surface area contributed by atoms with Crippen LogP contribution in [-0.4, -0.2) is 50.3 Å². The third-order valence-corrected chi connectivity index (χ3v) is 2.95. The van der Waals surface area contributed by atoms with Crippen molar-refractivity contribution in [2.24, 2.45) is 0 Å². The van der Waals surface area contributed by atoms with Crippen molar-refractivity contribution in [2.45, 2.75) is 31.8 Å². The maximum Gasteiger partial charge on any atom is 0.0641 e. The molecule has 0 bridgehead atoms. The molecule has 3 heteroatoms. The zero-order valence-electron chi connectivity index (χ0n) is 9.26. The van der Waals surface area contributed by atoms with Gasteiger partial charge in [0.1, 0.15) is 0 Å². The van der Waals surface area contributed by atoms with Gasteiger partial charge < -0.3 is 10.1 Å². The van der Waals surface area contributed by atoms with E-state index in [0.29, 0.717) is 6.04 Å². The molecule has 0 amide bonds. The van der Waals surface area contributed by atoms with Crippen molar-refractivity contribution in [1.29, 1.82) is 0 Å². The van der Waals surface area contributed by atoms with Gasteiger partial charge in [-0.3, -0.25) is 4.90 Å². The van der Waals surface area contributed by atoms with Crippen LogP contribution in [0.25, 0.3) is 0 Å².